The van der Waals surface area contributed by atoms with Gasteiger partial charge in [0, 0.05) is 12.4 Å². The summed E-state index contributed by atoms with van der Waals surface area (Å²) < 4.78 is 0. The molecule has 2 saturated carbocycles. The normalized spacial score (nSPS) is 45.2. The number of rotatable bonds is 3. The fourth-order valence-electron chi connectivity index (χ4n) is 6.83. The largest absolute Gasteiger partial charge is 1.00 e. The van der Waals surface area contributed by atoms with Gasteiger partial charge in [-0.2, -0.15) is 0 Å². The smallest absolute Gasteiger partial charge is 0.550 e. The third-order valence-electron chi connectivity index (χ3n) is 8.58. The zero-order valence-corrected chi connectivity index (χ0v) is 19.9. The van der Waals surface area contributed by atoms with Crippen molar-refractivity contribution in [3.8, 4) is 0 Å². The molecule has 4 nitrogen and oxygen atoms in total. The van der Waals surface area contributed by atoms with Gasteiger partial charge in [-0.05, 0) is 85.2 Å². The van der Waals surface area contributed by atoms with Crippen LogP contribution in [0.5, 0.6) is 0 Å². The Bertz CT molecular complexity index is 713. The van der Waals surface area contributed by atoms with Gasteiger partial charge in [-0.1, -0.05) is 26.0 Å². The summed E-state index contributed by atoms with van der Waals surface area (Å²) in [5.74, 6) is 0.444. The summed E-state index contributed by atoms with van der Waals surface area (Å²) in [7, 11) is 0. The number of hydrogen-bond acceptors (Lipinski definition) is 4. The van der Waals surface area contributed by atoms with Crippen molar-refractivity contribution in [3.63, 3.8) is 0 Å². The molecule has 0 aromatic heterocycles. The van der Waals surface area contributed by atoms with Gasteiger partial charge in [0.2, 0.25) is 0 Å². The van der Waals surface area contributed by atoms with Crippen molar-refractivity contribution in [2.24, 2.45) is 28.6 Å². The van der Waals surface area contributed by atoms with Crippen LogP contribution >= 0.6 is 0 Å². The van der Waals surface area contributed by atoms with E-state index in [1.54, 1.807) is 0 Å². The van der Waals surface area contributed by atoms with Gasteiger partial charge in [-0.15, -0.1) is 0 Å². The van der Waals surface area contributed by atoms with E-state index in [-0.39, 0.29) is 74.4 Å². The van der Waals surface area contributed by atoms with Crippen LogP contribution in [0.3, 0.4) is 0 Å². The van der Waals surface area contributed by atoms with E-state index < -0.39 is 11.6 Å². The van der Waals surface area contributed by atoms with E-state index in [4.69, 9.17) is 0 Å². The Morgan fingerprint density at radius 1 is 1.22 bits per heavy atom. The first-order valence-corrected chi connectivity index (χ1v) is 10.1. The summed E-state index contributed by atoms with van der Waals surface area (Å²) in [6, 6.07) is 0. The molecule has 4 aliphatic rings. The Labute approximate surface area is 204 Å². The molecule has 2 fully saturated rings. The maximum Gasteiger partial charge on any atom is 1.00 e. The van der Waals surface area contributed by atoms with Crippen LogP contribution in [0.15, 0.2) is 23.8 Å². The number of aliphatic carboxylic acids is 1. The number of carbonyl (C=O) groups excluding carboxylic acids is 2. The minimum atomic E-state index is -1.08. The molecule has 0 aliphatic heterocycles. The van der Waals surface area contributed by atoms with Gasteiger partial charge in [0.05, 0.1) is 5.60 Å². The summed E-state index contributed by atoms with van der Waals surface area (Å²) in [6.07, 6.45) is 11.6. The number of fused-ring (bicyclic) bond motifs is 5. The average Bonchev–Trinajstić information content (AvgIpc) is 2.86. The third kappa shape index (κ3) is 3.30. The quantitative estimate of drug-likeness (QED) is 0.656. The van der Waals surface area contributed by atoms with Crippen LogP contribution in [0.4, 0.5) is 0 Å². The van der Waals surface area contributed by atoms with Gasteiger partial charge < -0.3 is 15.0 Å². The molecule has 0 aromatic rings. The predicted molar refractivity (Wildman–Crippen MR) is 95.8 cm³/mol. The second-order valence-corrected chi connectivity index (χ2v) is 9.53. The van der Waals surface area contributed by atoms with Crippen molar-refractivity contribution in [1.29, 1.82) is 0 Å². The predicted octanol–water partition coefficient (Wildman–Crippen LogP) is -0.440. The maximum atomic E-state index is 11.9. The SMILES string of the molecule is C[C@]12CCC(=O)C=C1C=CC1C2CC[C@@]2(C)C1CC[C@@]2(O)CCC(=O)[O-].[K+]. The molecule has 0 bridgehead atoms. The van der Waals surface area contributed by atoms with Crippen molar-refractivity contribution in [1.82, 2.24) is 0 Å². The molecule has 27 heavy (non-hydrogen) atoms. The molecule has 1 N–H and O–H groups in total. The number of aliphatic hydroxyl groups is 1. The Morgan fingerprint density at radius 2 is 1.93 bits per heavy atom. The molecular weight excluding hydrogens is 367 g/mol. The molecule has 4 aliphatic carbocycles. The fourth-order valence-corrected chi connectivity index (χ4v) is 6.83. The second kappa shape index (κ2) is 7.48. The van der Waals surface area contributed by atoms with Crippen LogP contribution in [0.1, 0.15) is 65.2 Å². The van der Waals surface area contributed by atoms with Crippen LogP contribution in [-0.2, 0) is 9.59 Å². The minimum Gasteiger partial charge on any atom is -0.550 e. The van der Waals surface area contributed by atoms with Crippen LogP contribution in [0, 0.1) is 28.6 Å². The van der Waals surface area contributed by atoms with Crippen LogP contribution in [-0.4, -0.2) is 22.5 Å². The zero-order valence-electron chi connectivity index (χ0n) is 16.8. The summed E-state index contributed by atoms with van der Waals surface area (Å²) in [6.45, 7) is 4.48. The fraction of sp³-hybridized carbons (Fsp3) is 0.727. The van der Waals surface area contributed by atoms with Crippen molar-refractivity contribution in [3.05, 3.63) is 23.8 Å². The standard InChI is InChI=1S/C22H30O4.K/c1-20-9-5-15(23)13-14(20)3-4-16-17(20)6-10-21(2)18(16)7-11-22(21,26)12-8-19(24)25;/h3-4,13,16-18,26H,5-12H2,1-2H3,(H,24,25);/q;+1/p-1/t16?,17?,18?,20-,21-,22+;/m0./s1. The molecular formula is C22H29KO4. The van der Waals surface area contributed by atoms with Crippen molar-refractivity contribution < 1.29 is 71.2 Å². The number of carboxylic acid groups (broad SMARTS) is 1. The third-order valence-corrected chi connectivity index (χ3v) is 8.58. The molecule has 0 aromatic carbocycles. The molecule has 3 unspecified atom stereocenters. The molecule has 0 saturated heterocycles. The summed E-state index contributed by atoms with van der Waals surface area (Å²) in [5, 5.41) is 22.3. The number of ketones is 1. The molecule has 0 spiro atoms. The van der Waals surface area contributed by atoms with E-state index in [1.807, 2.05) is 6.08 Å². The van der Waals surface area contributed by atoms with Crippen LogP contribution in [0.2, 0.25) is 0 Å². The Balaban J connectivity index is 0.00000210. The molecule has 142 valence electrons. The Kier molecular flexibility index (Phi) is 6.07. The molecule has 4 rings (SSSR count). The molecule has 5 heteroatoms. The van der Waals surface area contributed by atoms with E-state index in [9.17, 15) is 19.8 Å². The van der Waals surface area contributed by atoms with Crippen LogP contribution in [0.25, 0.3) is 0 Å². The first-order chi connectivity index (χ1) is 12.2. The Morgan fingerprint density at radius 3 is 2.63 bits per heavy atom. The number of carboxylic acids is 1. The Hall–Kier alpha value is 0.216. The van der Waals surface area contributed by atoms with Crippen LogP contribution < -0.4 is 56.5 Å². The minimum absolute atomic E-state index is 0. The van der Waals surface area contributed by atoms with Crippen molar-refractivity contribution >= 4 is 11.8 Å². The maximum absolute atomic E-state index is 11.9. The summed E-state index contributed by atoms with van der Waals surface area (Å²) in [4.78, 5) is 22.8. The molecule has 0 heterocycles. The van der Waals surface area contributed by atoms with E-state index in [0.29, 0.717) is 37.0 Å². The number of allylic oxidation sites excluding steroid dienone is 4. The first kappa shape index (κ1) is 21.9. The van der Waals surface area contributed by atoms with Gasteiger partial charge in [0.1, 0.15) is 0 Å². The molecule has 0 amide bonds. The zero-order chi connectivity index (χ0) is 18.7. The van der Waals surface area contributed by atoms with Gasteiger partial charge in [0.25, 0.3) is 0 Å². The number of carbonyl (C=O) groups is 2. The van der Waals surface area contributed by atoms with Crippen molar-refractivity contribution in [2.75, 3.05) is 0 Å². The van der Waals surface area contributed by atoms with Crippen molar-refractivity contribution in [2.45, 2.75) is 70.8 Å². The van der Waals surface area contributed by atoms with Gasteiger partial charge in [-0.3, -0.25) is 4.79 Å². The second-order valence-electron chi connectivity index (χ2n) is 9.53. The number of hydrogen-bond donors (Lipinski definition) is 1. The summed E-state index contributed by atoms with van der Waals surface area (Å²) >= 11 is 0. The van der Waals surface area contributed by atoms with E-state index in [1.165, 1.54) is 5.57 Å². The van der Waals surface area contributed by atoms with Gasteiger partial charge in [0.15, 0.2) is 5.78 Å². The van der Waals surface area contributed by atoms with Gasteiger partial charge >= 0.3 is 51.4 Å². The first-order valence-electron chi connectivity index (χ1n) is 10.1. The van der Waals surface area contributed by atoms with E-state index >= 15 is 0 Å². The summed E-state index contributed by atoms with van der Waals surface area (Å²) in [5.41, 5.74) is 0.0933. The molecule has 6 atom stereocenters. The average molecular weight is 397 g/mol. The monoisotopic (exact) mass is 396 g/mol. The topological polar surface area (TPSA) is 77.4 Å². The van der Waals surface area contributed by atoms with E-state index in [0.717, 1.165) is 25.7 Å². The molecule has 0 radical (unpaired) electrons. The van der Waals surface area contributed by atoms with Gasteiger partial charge in [-0.25, -0.2) is 0 Å². The van der Waals surface area contributed by atoms with E-state index in [2.05, 4.69) is 26.0 Å².